The predicted molar refractivity (Wildman–Crippen MR) is 88.4 cm³/mol. The Bertz CT molecular complexity index is 654. The van der Waals surface area contributed by atoms with Crippen LogP contribution in [0.15, 0.2) is 29.1 Å². The lowest BCUT2D eigenvalue weighted by Gasteiger charge is -2.18. The number of aromatic nitrogens is 2. The molecule has 0 radical (unpaired) electrons. The first kappa shape index (κ1) is 15.6. The van der Waals surface area contributed by atoms with E-state index < -0.39 is 0 Å². The fourth-order valence-electron chi connectivity index (χ4n) is 2.55. The summed E-state index contributed by atoms with van der Waals surface area (Å²) in [4.78, 5) is 12.8. The van der Waals surface area contributed by atoms with Crippen molar-refractivity contribution in [3.05, 3.63) is 51.4 Å². The maximum Gasteiger partial charge on any atom is 0.274 e. The van der Waals surface area contributed by atoms with Crippen molar-refractivity contribution in [2.24, 2.45) is 0 Å². The molecular weight excluding hydrogens is 260 g/mol. The quantitative estimate of drug-likeness (QED) is 0.902. The van der Waals surface area contributed by atoms with Crippen LogP contribution in [0, 0.1) is 6.92 Å². The molecule has 2 rings (SSSR count). The molecule has 0 unspecified atom stereocenters. The number of rotatable bonds is 4. The fraction of sp³-hybridized carbons (Fsp3) is 0.500. The van der Waals surface area contributed by atoms with Crippen LogP contribution in [0.5, 0.6) is 0 Å². The Labute approximate surface area is 127 Å². The van der Waals surface area contributed by atoms with E-state index in [9.17, 15) is 4.79 Å². The second-order valence-corrected chi connectivity index (χ2v) is 6.80. The average Bonchev–Trinajstić information content (AvgIpc) is 2.74. The molecule has 0 atom stereocenters. The summed E-state index contributed by atoms with van der Waals surface area (Å²) in [5, 5.41) is 3.34. The summed E-state index contributed by atoms with van der Waals surface area (Å²) in [6.45, 7) is 10.6. The number of H-pyrrole nitrogens is 1. The van der Waals surface area contributed by atoms with Crippen molar-refractivity contribution in [1.29, 1.82) is 0 Å². The van der Waals surface area contributed by atoms with Gasteiger partial charge in [0.25, 0.3) is 5.56 Å². The number of unbranched alkanes of at least 4 members (excludes halogenated alkanes) is 1. The van der Waals surface area contributed by atoms with Crippen molar-refractivity contribution in [3.8, 4) is 5.69 Å². The van der Waals surface area contributed by atoms with E-state index in [0.717, 1.165) is 36.2 Å². The molecule has 0 bridgehead atoms. The smallest absolute Gasteiger partial charge is 0.274 e. The van der Waals surface area contributed by atoms with E-state index in [0.29, 0.717) is 0 Å². The molecule has 0 spiro atoms. The minimum atomic E-state index is -0.0574. The largest absolute Gasteiger partial charge is 0.294 e. The van der Waals surface area contributed by atoms with Crippen LogP contribution in [0.1, 0.15) is 57.4 Å². The number of benzene rings is 1. The Hall–Kier alpha value is -1.77. The van der Waals surface area contributed by atoms with Gasteiger partial charge in [-0.3, -0.25) is 9.89 Å². The van der Waals surface area contributed by atoms with Crippen molar-refractivity contribution < 1.29 is 0 Å². The van der Waals surface area contributed by atoms with Gasteiger partial charge in [-0.25, -0.2) is 4.68 Å². The Kier molecular flexibility index (Phi) is 4.40. The summed E-state index contributed by atoms with van der Waals surface area (Å²) in [6.07, 6.45) is 2.99. The van der Waals surface area contributed by atoms with Crippen molar-refractivity contribution >= 4 is 0 Å². The minimum Gasteiger partial charge on any atom is -0.294 e. The average molecular weight is 286 g/mol. The normalized spacial score (nSPS) is 11.9. The summed E-state index contributed by atoms with van der Waals surface area (Å²) < 4.78 is 1.69. The van der Waals surface area contributed by atoms with Gasteiger partial charge in [0.15, 0.2) is 0 Å². The number of hydrogen-bond donors (Lipinski definition) is 1. The molecule has 21 heavy (non-hydrogen) atoms. The van der Waals surface area contributed by atoms with Crippen LogP contribution in [0.4, 0.5) is 0 Å². The molecule has 0 aliphatic carbocycles. The van der Waals surface area contributed by atoms with E-state index in [1.165, 1.54) is 5.56 Å². The molecule has 0 fully saturated rings. The zero-order chi connectivity index (χ0) is 15.6. The van der Waals surface area contributed by atoms with Crippen LogP contribution < -0.4 is 5.56 Å². The highest BCUT2D eigenvalue weighted by Crippen LogP contribution is 2.24. The fourth-order valence-corrected chi connectivity index (χ4v) is 2.55. The van der Waals surface area contributed by atoms with Gasteiger partial charge in [0.1, 0.15) is 0 Å². The monoisotopic (exact) mass is 286 g/mol. The molecule has 0 saturated carbocycles. The number of nitrogens with zero attached hydrogens (tertiary/aromatic N) is 1. The third-order valence-electron chi connectivity index (χ3n) is 3.81. The molecule has 2 aromatic rings. The number of nitrogens with one attached hydrogen (secondary N) is 1. The van der Waals surface area contributed by atoms with Crippen LogP contribution in [-0.4, -0.2) is 9.78 Å². The third-order valence-corrected chi connectivity index (χ3v) is 3.81. The van der Waals surface area contributed by atoms with Gasteiger partial charge >= 0.3 is 0 Å². The maximum atomic E-state index is 12.8. The van der Waals surface area contributed by atoms with Crippen molar-refractivity contribution in [3.63, 3.8) is 0 Å². The van der Waals surface area contributed by atoms with Gasteiger partial charge in [0, 0.05) is 16.7 Å². The lowest BCUT2D eigenvalue weighted by Crippen LogP contribution is -2.18. The Morgan fingerprint density at radius 3 is 2.29 bits per heavy atom. The van der Waals surface area contributed by atoms with Crippen LogP contribution >= 0.6 is 0 Å². The number of aryl methyl sites for hydroxylation is 1. The van der Waals surface area contributed by atoms with Crippen LogP contribution in [0.2, 0.25) is 0 Å². The lowest BCUT2D eigenvalue weighted by molar-refractivity contribution is 0.552. The molecule has 1 aromatic heterocycles. The van der Waals surface area contributed by atoms with E-state index in [-0.39, 0.29) is 11.0 Å². The molecule has 0 aliphatic rings. The summed E-state index contributed by atoms with van der Waals surface area (Å²) in [7, 11) is 0. The summed E-state index contributed by atoms with van der Waals surface area (Å²) >= 11 is 0. The number of hydrogen-bond acceptors (Lipinski definition) is 1. The first-order chi connectivity index (χ1) is 9.84. The standard InChI is InChI=1S/C18H26N2O/c1-6-7-8-15-16(18(3,4)5)19-20(17(15)21)14-11-9-13(2)10-12-14/h9-12,19H,6-8H2,1-5H3. The zero-order valence-corrected chi connectivity index (χ0v) is 13.8. The van der Waals surface area contributed by atoms with E-state index in [1.54, 1.807) is 4.68 Å². The molecule has 1 heterocycles. The van der Waals surface area contributed by atoms with Crippen molar-refractivity contribution in [1.82, 2.24) is 9.78 Å². The van der Waals surface area contributed by atoms with Crippen LogP contribution in [0.3, 0.4) is 0 Å². The second kappa shape index (κ2) is 5.92. The highest BCUT2D eigenvalue weighted by atomic mass is 16.1. The van der Waals surface area contributed by atoms with E-state index in [1.807, 2.05) is 24.3 Å². The minimum absolute atomic E-state index is 0.0574. The molecule has 3 nitrogen and oxygen atoms in total. The van der Waals surface area contributed by atoms with Crippen LogP contribution in [-0.2, 0) is 11.8 Å². The molecule has 0 aliphatic heterocycles. The summed E-state index contributed by atoms with van der Waals surface area (Å²) in [5.41, 5.74) is 4.13. The SMILES string of the molecule is CCCCc1c(C(C)(C)C)[nH]n(-c2ccc(C)cc2)c1=O. The first-order valence-corrected chi connectivity index (χ1v) is 7.76. The van der Waals surface area contributed by atoms with Gasteiger partial charge in [-0.05, 0) is 31.9 Å². The number of aromatic amines is 1. The summed E-state index contributed by atoms with van der Waals surface area (Å²) in [5.74, 6) is 0. The first-order valence-electron chi connectivity index (χ1n) is 7.76. The summed E-state index contributed by atoms with van der Waals surface area (Å²) in [6, 6.07) is 8.04. The molecule has 0 saturated heterocycles. The van der Waals surface area contributed by atoms with E-state index >= 15 is 0 Å². The van der Waals surface area contributed by atoms with Gasteiger partial charge in [-0.15, -0.1) is 0 Å². The molecule has 3 heteroatoms. The van der Waals surface area contributed by atoms with Gasteiger partial charge in [-0.2, -0.15) is 0 Å². The van der Waals surface area contributed by atoms with Crippen molar-refractivity contribution in [2.75, 3.05) is 0 Å². The van der Waals surface area contributed by atoms with Crippen molar-refractivity contribution in [2.45, 2.75) is 59.3 Å². The van der Waals surface area contributed by atoms with Gasteiger partial charge in [-0.1, -0.05) is 51.8 Å². The Morgan fingerprint density at radius 2 is 1.76 bits per heavy atom. The lowest BCUT2D eigenvalue weighted by atomic mass is 9.88. The molecule has 1 aromatic carbocycles. The topological polar surface area (TPSA) is 37.8 Å². The molecule has 114 valence electrons. The molecule has 0 amide bonds. The maximum absolute atomic E-state index is 12.8. The second-order valence-electron chi connectivity index (χ2n) is 6.80. The van der Waals surface area contributed by atoms with Gasteiger partial charge in [0.2, 0.25) is 0 Å². The van der Waals surface area contributed by atoms with Crippen LogP contribution in [0.25, 0.3) is 5.69 Å². The molecule has 1 N–H and O–H groups in total. The van der Waals surface area contributed by atoms with E-state index in [4.69, 9.17) is 0 Å². The highest BCUT2D eigenvalue weighted by Gasteiger charge is 2.24. The van der Waals surface area contributed by atoms with E-state index in [2.05, 4.69) is 39.7 Å². The third kappa shape index (κ3) is 3.29. The Balaban J connectivity index is 2.55. The van der Waals surface area contributed by atoms with Gasteiger partial charge < -0.3 is 0 Å². The highest BCUT2D eigenvalue weighted by molar-refractivity contribution is 5.36. The van der Waals surface area contributed by atoms with Gasteiger partial charge in [0.05, 0.1) is 5.69 Å². The predicted octanol–water partition coefficient (Wildman–Crippen LogP) is 4.11. The zero-order valence-electron chi connectivity index (χ0n) is 13.8. The molecular formula is C18H26N2O. The Morgan fingerprint density at radius 1 is 1.14 bits per heavy atom.